The zero-order chi connectivity index (χ0) is 32.8. The van der Waals surface area contributed by atoms with E-state index in [1.54, 1.807) is 13.3 Å². The number of nitrogens with zero attached hydrogens (tertiary/aromatic N) is 1. The summed E-state index contributed by atoms with van der Waals surface area (Å²) < 4.78 is 40.2. The molecule has 4 aromatic carbocycles. The van der Waals surface area contributed by atoms with E-state index in [9.17, 15) is 13.6 Å². The van der Waals surface area contributed by atoms with Gasteiger partial charge in [0.05, 0.1) is 25.3 Å². The lowest BCUT2D eigenvalue weighted by Gasteiger charge is -2.22. The Labute approximate surface area is 273 Å². The molecule has 6 rings (SSSR count). The van der Waals surface area contributed by atoms with Crippen molar-refractivity contribution >= 4 is 11.5 Å². The topological polar surface area (TPSA) is 60.5 Å². The highest BCUT2D eigenvalue weighted by Crippen LogP contribution is 2.39. The van der Waals surface area contributed by atoms with Crippen LogP contribution in [-0.2, 0) is 30.7 Å². The van der Waals surface area contributed by atoms with Gasteiger partial charge in [-0.25, -0.2) is 8.78 Å². The van der Waals surface area contributed by atoms with Gasteiger partial charge in [0.15, 0.2) is 11.5 Å². The van der Waals surface area contributed by atoms with E-state index < -0.39 is 17.7 Å². The number of rotatable bonds is 12. The highest BCUT2D eigenvalue weighted by molar-refractivity contribution is 5.91. The molecule has 1 aliphatic rings. The zero-order valence-electron chi connectivity index (χ0n) is 26.4. The first-order valence-electron chi connectivity index (χ1n) is 15.8. The third-order valence-electron chi connectivity index (χ3n) is 8.43. The number of ether oxygens (including phenoxy) is 2. The molecule has 47 heavy (non-hydrogen) atoms. The fourth-order valence-electron chi connectivity index (χ4n) is 6.05. The number of pyridine rings is 1. The van der Waals surface area contributed by atoms with E-state index in [-0.39, 0.29) is 18.7 Å². The minimum Gasteiger partial charge on any atom is -0.493 e. The number of allylic oxidation sites excluding steroid dienone is 1. The van der Waals surface area contributed by atoms with Crippen LogP contribution < -0.4 is 14.8 Å². The van der Waals surface area contributed by atoms with Gasteiger partial charge in [-0.15, -0.1) is 0 Å². The van der Waals surface area contributed by atoms with Crippen molar-refractivity contribution in [1.82, 2.24) is 10.3 Å². The van der Waals surface area contributed by atoms with Gasteiger partial charge in [-0.1, -0.05) is 73.7 Å². The summed E-state index contributed by atoms with van der Waals surface area (Å²) in [6.07, 6.45) is 5.56. The summed E-state index contributed by atoms with van der Waals surface area (Å²) in [5, 5.41) is 3.15. The molecule has 0 bridgehead atoms. The maximum Gasteiger partial charge on any atom is 0.224 e. The van der Waals surface area contributed by atoms with Gasteiger partial charge in [-0.3, -0.25) is 9.78 Å². The zero-order valence-corrected chi connectivity index (χ0v) is 26.4. The van der Waals surface area contributed by atoms with Crippen molar-refractivity contribution in [2.24, 2.45) is 0 Å². The van der Waals surface area contributed by atoms with Crippen LogP contribution in [0.1, 0.15) is 52.9 Å². The number of methoxy groups -OCH3 is 1. The second-order valence-electron chi connectivity index (χ2n) is 11.6. The van der Waals surface area contributed by atoms with Crippen LogP contribution in [0, 0.1) is 11.6 Å². The van der Waals surface area contributed by atoms with E-state index in [0.717, 1.165) is 45.9 Å². The number of hydrogen-bond donors (Lipinski definition) is 1. The van der Waals surface area contributed by atoms with Crippen molar-refractivity contribution in [2.45, 2.75) is 45.3 Å². The largest absolute Gasteiger partial charge is 0.493 e. The van der Waals surface area contributed by atoms with E-state index in [0.29, 0.717) is 35.8 Å². The number of aryl methyl sites for hydroxylation is 1. The number of fused-ring (bicyclic) bond motifs is 1. The number of nitrogens with one attached hydrogen (secondary N) is 1. The Kier molecular flexibility index (Phi) is 9.72. The summed E-state index contributed by atoms with van der Waals surface area (Å²) in [5.74, 6) is -0.339. The van der Waals surface area contributed by atoms with Crippen LogP contribution in [0.4, 0.5) is 8.78 Å². The lowest BCUT2D eigenvalue weighted by Crippen LogP contribution is -2.31. The molecule has 1 heterocycles. The normalized spacial score (nSPS) is 12.6. The van der Waals surface area contributed by atoms with Crippen LogP contribution in [0.25, 0.3) is 16.7 Å². The Morgan fingerprint density at radius 1 is 0.851 bits per heavy atom. The molecule has 1 atom stereocenters. The molecule has 5 nitrogen and oxygen atoms in total. The third kappa shape index (κ3) is 7.58. The van der Waals surface area contributed by atoms with Gasteiger partial charge in [0.2, 0.25) is 5.91 Å². The van der Waals surface area contributed by atoms with E-state index in [1.165, 1.54) is 17.7 Å². The van der Waals surface area contributed by atoms with Gasteiger partial charge in [0, 0.05) is 17.8 Å². The molecule has 1 aromatic heterocycles. The van der Waals surface area contributed by atoms with Gasteiger partial charge in [0.1, 0.15) is 18.2 Å². The van der Waals surface area contributed by atoms with Crippen molar-refractivity contribution in [3.05, 3.63) is 154 Å². The first-order chi connectivity index (χ1) is 22.9. The van der Waals surface area contributed by atoms with Gasteiger partial charge >= 0.3 is 0 Å². The molecule has 0 saturated carbocycles. The molecular weight excluding hydrogens is 594 g/mol. The first-order valence-corrected chi connectivity index (χ1v) is 15.8. The number of carbonyl (C=O) groups is 1. The predicted octanol–water partition coefficient (Wildman–Crippen LogP) is 8.61. The second-order valence-corrected chi connectivity index (χ2v) is 11.6. The maximum absolute atomic E-state index is 14.2. The second kappa shape index (κ2) is 14.4. The Morgan fingerprint density at radius 2 is 1.62 bits per heavy atom. The Bertz CT molecular complexity index is 1890. The van der Waals surface area contributed by atoms with Crippen molar-refractivity contribution in [3.63, 3.8) is 0 Å². The maximum atomic E-state index is 14.2. The van der Waals surface area contributed by atoms with Crippen LogP contribution in [0.5, 0.6) is 11.5 Å². The van der Waals surface area contributed by atoms with E-state index in [4.69, 9.17) is 9.47 Å². The molecule has 1 N–H and O–H groups in total. The van der Waals surface area contributed by atoms with Crippen LogP contribution in [0.3, 0.4) is 0 Å². The summed E-state index contributed by atoms with van der Waals surface area (Å²) in [7, 11) is 1.61. The van der Waals surface area contributed by atoms with Crippen LogP contribution in [0.2, 0.25) is 0 Å². The molecule has 0 spiro atoms. The van der Waals surface area contributed by atoms with Crippen molar-refractivity contribution in [3.8, 4) is 22.6 Å². The minimum atomic E-state index is -0.671. The number of hydrogen-bond acceptors (Lipinski definition) is 4. The standard InChI is InChI=1S/C40H36F2N2O3/c1-3-26-11-13-29(14-12-26)34-10-7-17-43-40(34)36(20-28-18-32(41)23-33(42)19-28)44-39(45)22-31-16-15-30-21-37(46-2)38(24-35(30)31)47-25-27-8-5-4-6-9-27/h4-14,16-19,21,23-24,36H,3,15,20,22,25H2,1-2H3,(H,44,45)/t36-/m0/s1. The lowest BCUT2D eigenvalue weighted by molar-refractivity contribution is -0.120. The molecule has 0 aliphatic heterocycles. The summed E-state index contributed by atoms with van der Waals surface area (Å²) in [6.45, 7) is 2.48. The summed E-state index contributed by atoms with van der Waals surface area (Å²) in [4.78, 5) is 18.5. The Balaban J connectivity index is 1.26. The van der Waals surface area contributed by atoms with Gasteiger partial charge < -0.3 is 14.8 Å². The van der Waals surface area contributed by atoms with Crippen molar-refractivity contribution in [2.75, 3.05) is 7.11 Å². The number of carbonyl (C=O) groups excluding carboxylic acids is 1. The third-order valence-corrected chi connectivity index (χ3v) is 8.43. The molecule has 0 saturated heterocycles. The molecular formula is C40H36F2N2O3. The minimum absolute atomic E-state index is 0.110. The number of amides is 1. The average Bonchev–Trinajstić information content (AvgIpc) is 3.47. The molecule has 5 aromatic rings. The van der Waals surface area contributed by atoms with E-state index >= 15 is 0 Å². The van der Waals surface area contributed by atoms with Crippen LogP contribution in [-0.4, -0.2) is 18.0 Å². The monoisotopic (exact) mass is 630 g/mol. The van der Waals surface area contributed by atoms with Crippen LogP contribution in [0.15, 0.2) is 109 Å². The summed E-state index contributed by atoms with van der Waals surface area (Å²) in [6, 6.07) is 28.6. The number of halogens is 2. The lowest BCUT2D eigenvalue weighted by atomic mass is 9.94. The predicted molar refractivity (Wildman–Crippen MR) is 180 cm³/mol. The SMILES string of the molecule is CCc1ccc(-c2cccnc2[C@H](Cc2cc(F)cc(F)c2)NC(=O)CC2=CCc3cc(OC)c(OCc4ccccc4)cc32)cc1. The van der Waals surface area contributed by atoms with Crippen molar-refractivity contribution in [1.29, 1.82) is 0 Å². The fraction of sp³-hybridized carbons (Fsp3) is 0.200. The molecule has 238 valence electrons. The van der Waals surface area contributed by atoms with Crippen LogP contribution >= 0.6 is 0 Å². The summed E-state index contributed by atoms with van der Waals surface area (Å²) >= 11 is 0. The average molecular weight is 631 g/mol. The smallest absolute Gasteiger partial charge is 0.224 e. The molecule has 7 heteroatoms. The fourth-order valence-corrected chi connectivity index (χ4v) is 6.05. The molecule has 1 aliphatic carbocycles. The highest BCUT2D eigenvalue weighted by Gasteiger charge is 2.25. The number of benzene rings is 4. The Hall–Kier alpha value is -5.30. The Morgan fingerprint density at radius 3 is 2.34 bits per heavy atom. The molecule has 0 radical (unpaired) electrons. The molecule has 0 unspecified atom stereocenters. The molecule has 0 fully saturated rings. The molecule has 1 amide bonds. The van der Waals surface area contributed by atoms with Crippen molar-refractivity contribution < 1.29 is 23.0 Å². The van der Waals surface area contributed by atoms with Gasteiger partial charge in [-0.2, -0.15) is 0 Å². The number of aromatic nitrogens is 1. The quantitative estimate of drug-likeness (QED) is 0.150. The van der Waals surface area contributed by atoms with Gasteiger partial charge in [0.25, 0.3) is 0 Å². The van der Waals surface area contributed by atoms with Gasteiger partial charge in [-0.05, 0) is 88.5 Å². The highest BCUT2D eigenvalue weighted by atomic mass is 19.1. The first kappa shape index (κ1) is 31.7. The van der Waals surface area contributed by atoms with E-state index in [2.05, 4.69) is 29.4 Å². The summed E-state index contributed by atoms with van der Waals surface area (Å²) in [5.41, 5.74) is 7.92. The van der Waals surface area contributed by atoms with E-state index in [1.807, 2.05) is 72.8 Å².